The maximum atomic E-state index is 12.3. The minimum atomic E-state index is -0.481. The number of rotatable bonds is 3. The summed E-state index contributed by atoms with van der Waals surface area (Å²) >= 11 is 0. The molecule has 0 radical (unpaired) electrons. The summed E-state index contributed by atoms with van der Waals surface area (Å²) in [5, 5.41) is 5.94. The smallest absolute Gasteiger partial charge is 0.319 e. The number of amides is 2. The van der Waals surface area contributed by atoms with Crippen LogP contribution in [0, 0.1) is 0 Å². The Labute approximate surface area is 136 Å². The van der Waals surface area contributed by atoms with Gasteiger partial charge in [0.15, 0.2) is 0 Å². The van der Waals surface area contributed by atoms with Crippen LogP contribution in [0.15, 0.2) is 47.8 Å². The fraction of sp³-hybridized carbons (Fsp3) is 0.125. The first-order chi connectivity index (χ1) is 11.6. The van der Waals surface area contributed by atoms with E-state index >= 15 is 0 Å². The maximum Gasteiger partial charge on any atom is 0.319 e. The molecule has 0 aliphatic carbocycles. The fourth-order valence-corrected chi connectivity index (χ4v) is 2.30. The Morgan fingerprint density at radius 2 is 2.12 bits per heavy atom. The van der Waals surface area contributed by atoms with Crippen LogP contribution in [0.25, 0.3) is 10.9 Å². The second kappa shape index (κ2) is 6.37. The number of nitrogens with one attached hydrogen (secondary N) is 3. The number of pyridine rings is 1. The van der Waals surface area contributed by atoms with Crippen molar-refractivity contribution in [2.75, 3.05) is 11.9 Å². The summed E-state index contributed by atoms with van der Waals surface area (Å²) in [5.41, 5.74) is 0.645. The number of aromatic nitrogens is 3. The molecule has 2 heterocycles. The highest BCUT2D eigenvalue weighted by molar-refractivity contribution is 5.99. The molecule has 1 aromatic carbocycles. The van der Waals surface area contributed by atoms with Crippen LogP contribution in [0.1, 0.15) is 17.3 Å². The summed E-state index contributed by atoms with van der Waals surface area (Å²) in [6.07, 6.45) is 4.26. The van der Waals surface area contributed by atoms with E-state index < -0.39 is 11.5 Å². The zero-order valence-electron chi connectivity index (χ0n) is 12.9. The Morgan fingerprint density at radius 1 is 1.29 bits per heavy atom. The minimum absolute atomic E-state index is 0.00402. The summed E-state index contributed by atoms with van der Waals surface area (Å²) in [4.78, 5) is 42.5. The average Bonchev–Trinajstić information content (AvgIpc) is 3.08. The van der Waals surface area contributed by atoms with Crippen molar-refractivity contribution in [2.24, 2.45) is 0 Å². The van der Waals surface area contributed by atoms with Crippen molar-refractivity contribution < 1.29 is 9.59 Å². The number of imidazole rings is 1. The average molecular weight is 325 g/mol. The topological polar surface area (TPSA) is 109 Å². The van der Waals surface area contributed by atoms with Crippen molar-refractivity contribution in [3.8, 4) is 0 Å². The first kappa shape index (κ1) is 15.5. The number of nitrogens with zero attached hydrogens (tertiary/aromatic N) is 2. The van der Waals surface area contributed by atoms with Crippen molar-refractivity contribution in [1.29, 1.82) is 0 Å². The van der Waals surface area contributed by atoms with Crippen LogP contribution in [0.4, 0.5) is 10.5 Å². The summed E-state index contributed by atoms with van der Waals surface area (Å²) < 4.78 is 1.23. The molecule has 0 aliphatic heterocycles. The number of carbonyl (C=O) groups is 2. The largest absolute Gasteiger partial charge is 0.338 e. The highest BCUT2D eigenvalue weighted by Crippen LogP contribution is 2.17. The number of hydrogen-bond acceptors (Lipinski definition) is 4. The predicted octanol–water partition coefficient (Wildman–Crippen LogP) is 1.55. The van der Waals surface area contributed by atoms with Crippen molar-refractivity contribution in [3.63, 3.8) is 0 Å². The highest BCUT2D eigenvalue weighted by atomic mass is 16.2. The molecule has 24 heavy (non-hydrogen) atoms. The predicted molar refractivity (Wildman–Crippen MR) is 89.2 cm³/mol. The van der Waals surface area contributed by atoms with E-state index in [1.165, 1.54) is 29.4 Å². The lowest BCUT2D eigenvalue weighted by molar-refractivity contribution is 0.0958. The van der Waals surface area contributed by atoms with Gasteiger partial charge < -0.3 is 15.6 Å². The van der Waals surface area contributed by atoms with Crippen molar-refractivity contribution >= 4 is 28.5 Å². The fourth-order valence-electron chi connectivity index (χ4n) is 2.30. The second-order valence-electron chi connectivity index (χ2n) is 5.07. The second-order valence-corrected chi connectivity index (χ2v) is 5.07. The molecule has 0 atom stereocenters. The van der Waals surface area contributed by atoms with E-state index in [2.05, 4.69) is 20.6 Å². The van der Waals surface area contributed by atoms with Gasteiger partial charge in [0.05, 0.1) is 0 Å². The van der Waals surface area contributed by atoms with Gasteiger partial charge in [-0.3, -0.25) is 14.2 Å². The van der Waals surface area contributed by atoms with Crippen molar-refractivity contribution in [2.45, 2.75) is 6.92 Å². The number of benzene rings is 1. The lowest BCUT2D eigenvalue weighted by Gasteiger charge is -2.08. The number of H-pyrrole nitrogens is 1. The van der Waals surface area contributed by atoms with Crippen LogP contribution >= 0.6 is 0 Å². The van der Waals surface area contributed by atoms with E-state index in [-0.39, 0.29) is 11.6 Å². The standard InChI is InChI=1S/C16H15N5O3/c1-2-18-16(24)19-11-3-4-13-10(7-11)8-12(14(22)20-13)15(23)21-6-5-17-9-21/h3-9H,2H2,1H3,(H,20,22)(H2,18,19,24). The lowest BCUT2D eigenvalue weighted by Crippen LogP contribution is -2.28. The molecule has 3 aromatic rings. The third kappa shape index (κ3) is 3.02. The van der Waals surface area contributed by atoms with E-state index in [0.29, 0.717) is 23.1 Å². The number of urea groups is 1. The molecule has 2 aromatic heterocycles. The van der Waals surface area contributed by atoms with Gasteiger partial charge in [0.1, 0.15) is 11.9 Å². The maximum absolute atomic E-state index is 12.3. The summed E-state index contributed by atoms with van der Waals surface area (Å²) in [7, 11) is 0. The Morgan fingerprint density at radius 3 is 2.83 bits per heavy atom. The Kier molecular flexibility index (Phi) is 4.11. The normalized spacial score (nSPS) is 10.5. The third-order valence-corrected chi connectivity index (χ3v) is 3.41. The minimum Gasteiger partial charge on any atom is -0.338 e. The molecule has 0 spiro atoms. The van der Waals surface area contributed by atoms with E-state index in [9.17, 15) is 14.4 Å². The first-order valence-corrected chi connectivity index (χ1v) is 7.33. The van der Waals surface area contributed by atoms with E-state index in [4.69, 9.17) is 0 Å². The summed E-state index contributed by atoms with van der Waals surface area (Å²) in [6, 6.07) is 6.20. The summed E-state index contributed by atoms with van der Waals surface area (Å²) in [5.74, 6) is -0.474. The molecule has 0 unspecified atom stereocenters. The number of hydrogen-bond donors (Lipinski definition) is 3. The van der Waals surface area contributed by atoms with Crippen LogP contribution in [-0.4, -0.2) is 33.0 Å². The number of aromatic amines is 1. The van der Waals surface area contributed by atoms with Crippen LogP contribution in [0.2, 0.25) is 0 Å². The monoisotopic (exact) mass is 325 g/mol. The van der Waals surface area contributed by atoms with E-state index in [0.717, 1.165) is 0 Å². The Bertz CT molecular complexity index is 960. The zero-order chi connectivity index (χ0) is 17.1. The molecule has 8 nitrogen and oxygen atoms in total. The zero-order valence-corrected chi connectivity index (χ0v) is 12.9. The van der Waals surface area contributed by atoms with Crippen LogP contribution in [0.5, 0.6) is 0 Å². The van der Waals surface area contributed by atoms with Gasteiger partial charge in [-0.1, -0.05) is 0 Å². The van der Waals surface area contributed by atoms with Gasteiger partial charge in [-0.25, -0.2) is 9.78 Å². The quantitative estimate of drug-likeness (QED) is 0.679. The van der Waals surface area contributed by atoms with Crippen LogP contribution in [-0.2, 0) is 0 Å². The van der Waals surface area contributed by atoms with Gasteiger partial charge in [-0.15, -0.1) is 0 Å². The molecule has 3 rings (SSSR count). The number of anilines is 1. The van der Waals surface area contributed by atoms with Gasteiger partial charge >= 0.3 is 6.03 Å². The molecule has 2 amide bonds. The molecule has 0 fully saturated rings. The SMILES string of the molecule is CCNC(=O)Nc1ccc2[nH]c(=O)c(C(=O)n3ccnc3)cc2c1. The Hall–Kier alpha value is -3.42. The molecular weight excluding hydrogens is 310 g/mol. The van der Waals surface area contributed by atoms with Crippen LogP contribution < -0.4 is 16.2 Å². The molecule has 8 heteroatoms. The van der Waals surface area contributed by atoms with Gasteiger partial charge in [-0.2, -0.15) is 0 Å². The Balaban J connectivity index is 2.00. The molecule has 0 aliphatic rings. The number of carbonyl (C=O) groups excluding carboxylic acids is 2. The molecule has 0 bridgehead atoms. The van der Waals surface area contributed by atoms with Gasteiger partial charge in [0.2, 0.25) is 0 Å². The van der Waals surface area contributed by atoms with Crippen molar-refractivity contribution in [1.82, 2.24) is 19.9 Å². The van der Waals surface area contributed by atoms with Crippen molar-refractivity contribution in [3.05, 3.63) is 58.9 Å². The van der Waals surface area contributed by atoms with Gasteiger partial charge in [0.25, 0.3) is 11.5 Å². The summed E-state index contributed by atoms with van der Waals surface area (Å²) in [6.45, 7) is 2.33. The number of fused-ring (bicyclic) bond motifs is 1. The highest BCUT2D eigenvalue weighted by Gasteiger charge is 2.14. The molecule has 122 valence electrons. The van der Waals surface area contributed by atoms with Gasteiger partial charge in [-0.05, 0) is 31.2 Å². The van der Waals surface area contributed by atoms with E-state index in [1.807, 2.05) is 6.92 Å². The van der Waals surface area contributed by atoms with Crippen LogP contribution in [0.3, 0.4) is 0 Å². The lowest BCUT2D eigenvalue weighted by atomic mass is 10.1. The third-order valence-electron chi connectivity index (χ3n) is 3.41. The molecule has 0 saturated carbocycles. The molecule has 3 N–H and O–H groups in total. The van der Waals surface area contributed by atoms with Gasteiger partial charge in [0, 0.05) is 35.5 Å². The molecule has 0 saturated heterocycles. The molecular formula is C16H15N5O3. The van der Waals surface area contributed by atoms with E-state index in [1.54, 1.807) is 18.2 Å². The first-order valence-electron chi connectivity index (χ1n) is 7.33.